The molecule has 0 aromatic heterocycles. The Hall–Kier alpha value is -7.52. The smallest absolute Gasteiger partial charge is 0.251 e. The predicted octanol–water partition coefficient (Wildman–Crippen LogP) is 5.53. The minimum Gasteiger partial charge on any atom is -0.379 e. The van der Waals surface area contributed by atoms with Crippen LogP contribution < -0.4 is 31.9 Å². The summed E-state index contributed by atoms with van der Waals surface area (Å²) in [6, 6.07) is 30.2. The third-order valence-electron chi connectivity index (χ3n) is 19.1. The summed E-state index contributed by atoms with van der Waals surface area (Å²) in [7, 11) is 6.66. The average molecular weight is 1240 g/mol. The van der Waals surface area contributed by atoms with Gasteiger partial charge in [-0.1, -0.05) is 123 Å². The van der Waals surface area contributed by atoms with E-state index in [0.717, 1.165) is 86.5 Å². The molecule has 4 aromatic carbocycles. The van der Waals surface area contributed by atoms with Crippen molar-refractivity contribution in [2.24, 2.45) is 11.8 Å². The van der Waals surface area contributed by atoms with Crippen molar-refractivity contribution in [2.75, 3.05) is 80.7 Å². The van der Waals surface area contributed by atoms with E-state index in [9.17, 15) is 38.4 Å². The van der Waals surface area contributed by atoms with Crippen LogP contribution in [0.15, 0.2) is 109 Å². The molecule has 8 atom stereocenters. The Morgan fingerprint density at radius 2 is 0.844 bits per heavy atom. The summed E-state index contributed by atoms with van der Waals surface area (Å²) in [5.41, 5.74) is 4.31. The first-order valence-corrected chi connectivity index (χ1v) is 32.6. The van der Waals surface area contributed by atoms with E-state index in [1.807, 2.05) is 60.7 Å². The van der Waals surface area contributed by atoms with Gasteiger partial charge in [-0.3, -0.25) is 38.4 Å². The van der Waals surface area contributed by atoms with Crippen LogP contribution in [0.2, 0.25) is 0 Å². The summed E-state index contributed by atoms with van der Waals surface area (Å²) in [6.45, 7) is 4.81. The summed E-state index contributed by atoms with van der Waals surface area (Å²) < 4.78 is 12.0. The zero-order chi connectivity index (χ0) is 64.1. The average Bonchev–Trinajstić information content (AvgIpc) is 1.74. The Morgan fingerprint density at radius 1 is 0.489 bits per heavy atom. The van der Waals surface area contributed by atoms with Crippen molar-refractivity contribution in [3.8, 4) is 11.1 Å². The van der Waals surface area contributed by atoms with Gasteiger partial charge in [0.1, 0.15) is 12.1 Å². The van der Waals surface area contributed by atoms with Crippen LogP contribution in [-0.2, 0) is 51.1 Å². The number of ether oxygens (including phenoxy) is 2. The molecule has 0 unspecified atom stereocenters. The lowest BCUT2D eigenvalue weighted by atomic mass is 9.83. The van der Waals surface area contributed by atoms with Gasteiger partial charge in [-0.2, -0.15) is 0 Å². The minimum atomic E-state index is -0.705. The van der Waals surface area contributed by atoms with Gasteiger partial charge in [-0.25, -0.2) is 0 Å². The number of hydrogen-bond acceptors (Lipinski definition) is 12. The van der Waals surface area contributed by atoms with E-state index in [1.165, 1.54) is 0 Å². The van der Waals surface area contributed by atoms with Crippen molar-refractivity contribution >= 4 is 47.3 Å². The standard InChI is InChI=1S/C70H96N10O10/c1-47(71-3)65(83)75-63(53-23-15-9-16-24-53)69(87)79-41-37-59(89-5)57(79)45-77(39-35-49-19-11-7-12-20-49)61(81)43-73-67(85)55-31-27-51(28-32-55)52-29-33-56(34-30-52)68(86)74-44-62(82)78(40-36-50-21-13-8-14-22-50)46-58-60(90-6)38-42-80(58)70(88)64(54-25-17-10-18-26-54)76-66(84)48(2)72-4/h7-8,11-14,19-22,27-34,47-48,53-54,57-60,63-64,71-72H,9-10,15-18,23-26,35-46H2,1-6H3,(H,73,85)(H,74,86)(H,75,83)(H,76,84)/t47-,48-,57+,58+,59-,60-,63-,64-/m0/s1. The summed E-state index contributed by atoms with van der Waals surface area (Å²) in [5.74, 6) is -2.32. The molecule has 8 amide bonds. The van der Waals surface area contributed by atoms with E-state index in [4.69, 9.17) is 9.47 Å². The number of nitrogens with one attached hydrogen (secondary N) is 6. The summed E-state index contributed by atoms with van der Waals surface area (Å²) >= 11 is 0. The van der Waals surface area contributed by atoms with Crippen molar-refractivity contribution in [3.05, 3.63) is 131 Å². The molecular weight excluding hydrogens is 1140 g/mol. The Kier molecular flexibility index (Phi) is 25.9. The van der Waals surface area contributed by atoms with Crippen molar-refractivity contribution < 1.29 is 47.8 Å². The number of carbonyl (C=O) groups is 8. The molecule has 0 spiro atoms. The lowest BCUT2D eigenvalue weighted by molar-refractivity contribution is -0.142. The SMILES string of the molecule is CN[C@@H](C)C(=O)N[C@H](C(=O)N1CC[C@H](OC)[C@H]1CN(CCc1ccccc1)C(=O)CNC(=O)c1ccc(-c2ccc(C(=O)NCC(=O)N(CCc3ccccc3)C[C@@H]3[C@@H](OC)CCN3C(=O)[C@@H](NC(=O)[C@H](C)NC)C3CCCCC3)cc2)cc1)C1CCCCC1. The second-order valence-corrected chi connectivity index (χ2v) is 24.8. The van der Waals surface area contributed by atoms with Gasteiger partial charge in [0.2, 0.25) is 35.4 Å². The number of benzene rings is 4. The van der Waals surface area contributed by atoms with E-state index in [0.29, 0.717) is 63.0 Å². The molecule has 2 saturated carbocycles. The molecule has 8 rings (SSSR count). The lowest BCUT2D eigenvalue weighted by Crippen LogP contribution is -2.59. The molecule has 486 valence electrons. The molecule has 2 aliphatic carbocycles. The number of nitrogens with zero attached hydrogens (tertiary/aromatic N) is 4. The first kappa shape index (κ1) is 68.4. The molecule has 90 heavy (non-hydrogen) atoms. The maximum atomic E-state index is 14.7. The Labute approximate surface area is 531 Å². The quantitative estimate of drug-likeness (QED) is 0.0394. The van der Waals surface area contributed by atoms with E-state index in [2.05, 4.69) is 31.9 Å². The number of likely N-dealkylation sites (tertiary alicyclic amines) is 2. The Bertz CT molecular complexity index is 2800. The molecule has 6 N–H and O–H groups in total. The third-order valence-corrected chi connectivity index (χ3v) is 19.1. The molecule has 4 aromatic rings. The van der Waals surface area contributed by atoms with Gasteiger partial charge in [-0.05, 0) is 138 Å². The van der Waals surface area contributed by atoms with E-state index in [1.54, 1.807) is 110 Å². The number of amides is 8. The highest BCUT2D eigenvalue weighted by atomic mass is 16.5. The highest BCUT2D eigenvalue weighted by Crippen LogP contribution is 2.33. The number of likely N-dealkylation sites (N-methyl/N-ethyl adjacent to an activating group) is 2. The van der Waals surface area contributed by atoms with Gasteiger partial charge in [0.05, 0.1) is 49.5 Å². The van der Waals surface area contributed by atoms with Crippen LogP contribution in [0.1, 0.15) is 123 Å². The number of rotatable bonds is 29. The van der Waals surface area contributed by atoms with Gasteiger partial charge >= 0.3 is 0 Å². The first-order chi connectivity index (χ1) is 43.6. The fourth-order valence-electron chi connectivity index (χ4n) is 13.3. The summed E-state index contributed by atoms with van der Waals surface area (Å²) in [5, 5.41) is 17.8. The number of methoxy groups -OCH3 is 2. The molecule has 4 aliphatic rings. The van der Waals surface area contributed by atoms with E-state index >= 15 is 0 Å². The summed E-state index contributed by atoms with van der Waals surface area (Å²) in [4.78, 5) is 119. The molecule has 2 saturated heterocycles. The van der Waals surface area contributed by atoms with E-state index < -0.39 is 48.1 Å². The Balaban J connectivity index is 0.890. The monoisotopic (exact) mass is 1240 g/mol. The highest BCUT2D eigenvalue weighted by molar-refractivity contribution is 5.98. The van der Waals surface area contributed by atoms with Crippen LogP contribution in [0.4, 0.5) is 0 Å². The molecule has 2 aliphatic heterocycles. The minimum absolute atomic E-state index is 0.00469. The van der Waals surface area contributed by atoms with Gasteiger partial charge in [0, 0.05) is 64.6 Å². The molecular formula is C70H96N10O10. The summed E-state index contributed by atoms with van der Waals surface area (Å²) in [6.07, 6.45) is 11.0. The topological polar surface area (TPSA) is 240 Å². The van der Waals surface area contributed by atoms with Crippen molar-refractivity contribution in [1.29, 1.82) is 0 Å². The van der Waals surface area contributed by atoms with Gasteiger partial charge in [0.15, 0.2) is 0 Å². The zero-order valence-corrected chi connectivity index (χ0v) is 53.6. The van der Waals surface area contributed by atoms with Crippen LogP contribution in [0.5, 0.6) is 0 Å². The third kappa shape index (κ3) is 18.3. The van der Waals surface area contributed by atoms with E-state index in [-0.39, 0.29) is 85.7 Å². The fraction of sp³-hybridized carbons (Fsp3) is 0.543. The van der Waals surface area contributed by atoms with Gasteiger partial charge in [0.25, 0.3) is 11.8 Å². The van der Waals surface area contributed by atoms with Crippen LogP contribution in [0, 0.1) is 11.8 Å². The van der Waals surface area contributed by atoms with Crippen LogP contribution in [-0.4, -0.2) is 196 Å². The molecule has 2 heterocycles. The number of carbonyl (C=O) groups excluding carboxylic acids is 8. The maximum absolute atomic E-state index is 14.7. The van der Waals surface area contributed by atoms with Crippen molar-refractivity contribution in [1.82, 2.24) is 51.5 Å². The second-order valence-electron chi connectivity index (χ2n) is 24.8. The molecule has 20 heteroatoms. The van der Waals surface area contributed by atoms with Crippen LogP contribution in [0.25, 0.3) is 11.1 Å². The largest absolute Gasteiger partial charge is 0.379 e. The van der Waals surface area contributed by atoms with Crippen molar-refractivity contribution in [2.45, 2.75) is 152 Å². The van der Waals surface area contributed by atoms with Gasteiger partial charge < -0.3 is 61.0 Å². The zero-order valence-electron chi connectivity index (χ0n) is 53.6. The maximum Gasteiger partial charge on any atom is 0.251 e. The fourth-order valence-corrected chi connectivity index (χ4v) is 13.3. The highest BCUT2D eigenvalue weighted by Gasteiger charge is 2.46. The normalized spacial score (nSPS) is 20.1. The van der Waals surface area contributed by atoms with Crippen molar-refractivity contribution in [3.63, 3.8) is 0 Å². The molecule has 4 fully saturated rings. The molecule has 0 radical (unpaired) electrons. The first-order valence-electron chi connectivity index (χ1n) is 32.6. The molecule has 20 nitrogen and oxygen atoms in total. The number of hydrogen-bond donors (Lipinski definition) is 6. The second kappa shape index (κ2) is 34.1. The Morgan fingerprint density at radius 3 is 1.18 bits per heavy atom. The lowest BCUT2D eigenvalue weighted by Gasteiger charge is -2.38. The predicted molar refractivity (Wildman–Crippen MR) is 346 cm³/mol. The van der Waals surface area contributed by atoms with Crippen LogP contribution in [0.3, 0.4) is 0 Å². The van der Waals surface area contributed by atoms with Gasteiger partial charge in [-0.15, -0.1) is 0 Å². The van der Waals surface area contributed by atoms with Crippen LogP contribution >= 0.6 is 0 Å². The molecule has 0 bridgehead atoms.